The molecule has 1 N–H and O–H groups in total. The molecule has 4 aliphatic rings. The Morgan fingerprint density at radius 1 is 1.04 bits per heavy atom. The molecule has 0 aromatic carbocycles. The highest BCUT2D eigenvalue weighted by atomic mass is 127. The number of halogens is 1. The molecule has 0 spiro atoms. The SMILES string of the molecule is CN=C(NCC1CN2CCCC2CO1)N1CCOC(C2CCCO2)C1.I. The van der Waals surface area contributed by atoms with Gasteiger partial charge in [0.1, 0.15) is 6.10 Å². The molecule has 150 valence electrons. The van der Waals surface area contributed by atoms with Crippen LogP contribution in [0.1, 0.15) is 25.7 Å². The van der Waals surface area contributed by atoms with Crippen molar-refractivity contribution in [1.82, 2.24) is 15.1 Å². The van der Waals surface area contributed by atoms with E-state index in [4.69, 9.17) is 14.2 Å². The van der Waals surface area contributed by atoms with Gasteiger partial charge in [0.15, 0.2) is 5.96 Å². The first kappa shape index (κ1) is 20.6. The molecule has 4 unspecified atom stereocenters. The van der Waals surface area contributed by atoms with Gasteiger partial charge in [0.2, 0.25) is 0 Å². The molecule has 0 radical (unpaired) electrons. The summed E-state index contributed by atoms with van der Waals surface area (Å²) in [6.45, 7) is 7.30. The third-order valence-electron chi connectivity index (χ3n) is 5.93. The summed E-state index contributed by atoms with van der Waals surface area (Å²) in [7, 11) is 1.86. The Bertz CT molecular complexity index is 475. The Morgan fingerprint density at radius 3 is 2.73 bits per heavy atom. The Labute approximate surface area is 173 Å². The number of hydrogen-bond acceptors (Lipinski definition) is 5. The average molecular weight is 480 g/mol. The monoisotopic (exact) mass is 480 g/mol. The van der Waals surface area contributed by atoms with Gasteiger partial charge in [-0.15, -0.1) is 24.0 Å². The minimum atomic E-state index is 0. The summed E-state index contributed by atoms with van der Waals surface area (Å²) in [5.74, 6) is 0.957. The van der Waals surface area contributed by atoms with E-state index in [9.17, 15) is 0 Å². The van der Waals surface area contributed by atoms with E-state index in [0.29, 0.717) is 6.04 Å². The standard InChI is InChI=1S/C18H32N4O3.HI/c1-19-18(20-10-15-11-21-6-2-4-14(21)13-25-15)22-7-9-24-17(12-22)16-5-3-8-23-16;/h14-17H,2-13H2,1H3,(H,19,20);1H. The quantitative estimate of drug-likeness (QED) is 0.369. The van der Waals surface area contributed by atoms with Crippen LogP contribution in [0.25, 0.3) is 0 Å². The lowest BCUT2D eigenvalue weighted by Gasteiger charge is -2.38. The number of nitrogens with one attached hydrogen (secondary N) is 1. The largest absolute Gasteiger partial charge is 0.375 e. The van der Waals surface area contributed by atoms with Crippen LogP contribution >= 0.6 is 24.0 Å². The van der Waals surface area contributed by atoms with E-state index in [1.54, 1.807) is 0 Å². The fourth-order valence-corrected chi connectivity index (χ4v) is 4.54. The van der Waals surface area contributed by atoms with Gasteiger partial charge in [0, 0.05) is 45.9 Å². The highest BCUT2D eigenvalue weighted by Gasteiger charge is 2.34. The van der Waals surface area contributed by atoms with Crippen LogP contribution in [0.15, 0.2) is 4.99 Å². The van der Waals surface area contributed by atoms with Gasteiger partial charge in [-0.3, -0.25) is 9.89 Å². The van der Waals surface area contributed by atoms with Crippen molar-refractivity contribution in [3.05, 3.63) is 0 Å². The smallest absolute Gasteiger partial charge is 0.193 e. The summed E-state index contributed by atoms with van der Waals surface area (Å²) in [4.78, 5) is 9.38. The van der Waals surface area contributed by atoms with Gasteiger partial charge in [0.25, 0.3) is 0 Å². The van der Waals surface area contributed by atoms with E-state index in [1.165, 1.54) is 19.4 Å². The Balaban J connectivity index is 0.00000196. The third-order valence-corrected chi connectivity index (χ3v) is 5.93. The lowest BCUT2D eigenvalue weighted by atomic mass is 10.1. The number of aliphatic imine (C=N–C) groups is 1. The minimum Gasteiger partial charge on any atom is -0.375 e. The van der Waals surface area contributed by atoms with Crippen molar-refractivity contribution >= 4 is 29.9 Å². The fourth-order valence-electron chi connectivity index (χ4n) is 4.54. The minimum absolute atomic E-state index is 0. The maximum Gasteiger partial charge on any atom is 0.193 e. The van der Waals surface area contributed by atoms with Crippen molar-refractivity contribution in [3.8, 4) is 0 Å². The molecule has 4 rings (SSSR count). The lowest BCUT2D eigenvalue weighted by Crippen LogP contribution is -2.55. The van der Waals surface area contributed by atoms with Crippen molar-refractivity contribution in [2.24, 2.45) is 4.99 Å². The lowest BCUT2D eigenvalue weighted by molar-refractivity contribution is -0.0820. The summed E-state index contributed by atoms with van der Waals surface area (Å²) < 4.78 is 17.8. The van der Waals surface area contributed by atoms with E-state index in [2.05, 4.69) is 20.1 Å². The number of rotatable bonds is 3. The molecule has 4 saturated heterocycles. The summed E-state index contributed by atoms with van der Waals surface area (Å²) in [6, 6.07) is 0.655. The van der Waals surface area contributed by atoms with Gasteiger partial charge in [-0.25, -0.2) is 0 Å². The highest BCUT2D eigenvalue weighted by molar-refractivity contribution is 14.0. The molecule has 8 heteroatoms. The maximum atomic E-state index is 6.05. The van der Waals surface area contributed by atoms with Crippen LogP contribution < -0.4 is 5.32 Å². The molecule has 4 atom stereocenters. The molecule has 0 amide bonds. The van der Waals surface area contributed by atoms with E-state index >= 15 is 0 Å². The number of morpholine rings is 2. The summed E-state index contributed by atoms with van der Waals surface area (Å²) in [5, 5.41) is 3.53. The number of guanidine groups is 1. The van der Waals surface area contributed by atoms with Gasteiger partial charge >= 0.3 is 0 Å². The van der Waals surface area contributed by atoms with Crippen LogP contribution in [0, 0.1) is 0 Å². The Hall–Kier alpha value is -0.160. The molecule has 0 aromatic heterocycles. The van der Waals surface area contributed by atoms with Crippen LogP contribution in [0.5, 0.6) is 0 Å². The number of nitrogens with zero attached hydrogens (tertiary/aromatic N) is 3. The maximum absolute atomic E-state index is 6.05. The summed E-state index contributed by atoms with van der Waals surface area (Å²) >= 11 is 0. The van der Waals surface area contributed by atoms with Crippen molar-refractivity contribution < 1.29 is 14.2 Å². The molecule has 4 aliphatic heterocycles. The zero-order valence-electron chi connectivity index (χ0n) is 15.8. The molecule has 4 heterocycles. The zero-order valence-corrected chi connectivity index (χ0v) is 18.1. The second-order valence-corrected chi connectivity index (χ2v) is 7.58. The number of fused-ring (bicyclic) bond motifs is 1. The van der Waals surface area contributed by atoms with Crippen LogP contribution in [-0.4, -0.2) is 99.7 Å². The van der Waals surface area contributed by atoms with Gasteiger partial charge < -0.3 is 24.4 Å². The second kappa shape index (κ2) is 9.86. The first-order valence-corrected chi connectivity index (χ1v) is 9.88. The molecule has 4 fully saturated rings. The van der Waals surface area contributed by atoms with Gasteiger partial charge in [-0.1, -0.05) is 0 Å². The van der Waals surface area contributed by atoms with Gasteiger partial charge in [-0.05, 0) is 32.2 Å². The fraction of sp³-hybridized carbons (Fsp3) is 0.944. The van der Waals surface area contributed by atoms with E-state index < -0.39 is 0 Å². The molecular weight excluding hydrogens is 447 g/mol. The van der Waals surface area contributed by atoms with Gasteiger partial charge in [-0.2, -0.15) is 0 Å². The van der Waals surface area contributed by atoms with Gasteiger partial charge in [0.05, 0.1) is 25.4 Å². The molecule has 0 aliphatic carbocycles. The van der Waals surface area contributed by atoms with Crippen LogP contribution in [0.2, 0.25) is 0 Å². The summed E-state index contributed by atoms with van der Waals surface area (Å²) in [6.07, 6.45) is 5.52. The van der Waals surface area contributed by atoms with Crippen LogP contribution in [-0.2, 0) is 14.2 Å². The van der Waals surface area contributed by atoms with Crippen molar-refractivity contribution in [3.63, 3.8) is 0 Å². The van der Waals surface area contributed by atoms with Crippen molar-refractivity contribution in [2.75, 3.05) is 59.6 Å². The average Bonchev–Trinajstić information content (AvgIpc) is 3.34. The van der Waals surface area contributed by atoms with Crippen molar-refractivity contribution in [2.45, 2.75) is 50.0 Å². The van der Waals surface area contributed by atoms with Crippen molar-refractivity contribution in [1.29, 1.82) is 0 Å². The van der Waals surface area contributed by atoms with Crippen LogP contribution in [0.3, 0.4) is 0 Å². The molecule has 0 aromatic rings. The number of hydrogen-bond donors (Lipinski definition) is 1. The van der Waals surface area contributed by atoms with Crippen LogP contribution in [0.4, 0.5) is 0 Å². The molecule has 7 nitrogen and oxygen atoms in total. The van der Waals surface area contributed by atoms with E-state index in [-0.39, 0.29) is 42.3 Å². The highest BCUT2D eigenvalue weighted by Crippen LogP contribution is 2.23. The predicted molar refractivity (Wildman–Crippen MR) is 111 cm³/mol. The molecule has 26 heavy (non-hydrogen) atoms. The Kier molecular flexibility index (Phi) is 7.80. The summed E-state index contributed by atoms with van der Waals surface area (Å²) in [5.41, 5.74) is 0. The third kappa shape index (κ3) is 4.81. The topological polar surface area (TPSA) is 58.6 Å². The number of ether oxygens (including phenoxy) is 3. The molecule has 0 saturated carbocycles. The Morgan fingerprint density at radius 2 is 1.92 bits per heavy atom. The predicted octanol–water partition coefficient (Wildman–Crippen LogP) is 0.923. The molecule has 0 bridgehead atoms. The zero-order chi connectivity index (χ0) is 17.1. The van der Waals surface area contributed by atoms with E-state index in [1.807, 2.05) is 7.05 Å². The van der Waals surface area contributed by atoms with E-state index in [0.717, 1.165) is 64.8 Å². The normalized spacial score (nSPS) is 35.9. The first-order chi connectivity index (χ1) is 12.3. The second-order valence-electron chi connectivity index (χ2n) is 7.58. The molecular formula is C18H33IN4O3. The first-order valence-electron chi connectivity index (χ1n) is 9.88.